The smallest absolute Gasteiger partial charge is 0.294 e. The molecule has 0 aliphatic carbocycles. The molecule has 1 fully saturated rings. The first-order chi connectivity index (χ1) is 11.5. The molecule has 1 aliphatic rings. The second kappa shape index (κ2) is 8.84. The number of nitrogens with zero attached hydrogens (tertiary/aromatic N) is 3. The van der Waals surface area contributed by atoms with E-state index < -0.39 is 4.92 Å². The van der Waals surface area contributed by atoms with Gasteiger partial charge in [0.15, 0.2) is 0 Å². The van der Waals surface area contributed by atoms with Crippen LogP contribution in [0.4, 0.5) is 11.4 Å². The summed E-state index contributed by atoms with van der Waals surface area (Å²) >= 11 is 5.86. The van der Waals surface area contributed by atoms with Crippen molar-refractivity contribution in [3.8, 4) is 0 Å². The number of anilines is 1. The Bertz CT molecular complexity index is 589. The number of piperazine rings is 1. The lowest BCUT2D eigenvalue weighted by Gasteiger charge is -2.35. The number of hydrogen-bond donors (Lipinski definition) is 1. The lowest BCUT2D eigenvalue weighted by atomic mass is 10.2. The number of nitro groups is 1. The molecule has 1 aromatic carbocycles. The SMILES string of the molecule is CCCCNC(=O)CN1CCN(c2ccc(Cl)cc2[N+](=O)[O-])CC1. The minimum atomic E-state index is -0.408. The normalized spacial score (nSPS) is 15.3. The maximum Gasteiger partial charge on any atom is 0.294 e. The molecular weight excluding hydrogens is 332 g/mol. The largest absolute Gasteiger partial charge is 0.363 e. The van der Waals surface area contributed by atoms with Crippen molar-refractivity contribution < 1.29 is 9.72 Å². The van der Waals surface area contributed by atoms with Gasteiger partial charge in [0.1, 0.15) is 5.69 Å². The lowest BCUT2D eigenvalue weighted by Crippen LogP contribution is -2.49. The topological polar surface area (TPSA) is 78.7 Å². The van der Waals surface area contributed by atoms with E-state index in [-0.39, 0.29) is 11.6 Å². The molecule has 0 atom stereocenters. The van der Waals surface area contributed by atoms with Gasteiger partial charge in [-0.05, 0) is 18.6 Å². The Morgan fingerprint density at radius 1 is 1.33 bits per heavy atom. The molecule has 0 bridgehead atoms. The quantitative estimate of drug-likeness (QED) is 0.461. The minimum absolute atomic E-state index is 0.0215. The van der Waals surface area contributed by atoms with Gasteiger partial charge in [-0.15, -0.1) is 0 Å². The molecule has 2 rings (SSSR count). The number of nitrogens with one attached hydrogen (secondary N) is 1. The number of hydrogen-bond acceptors (Lipinski definition) is 5. The van der Waals surface area contributed by atoms with E-state index in [4.69, 9.17) is 11.6 Å². The number of rotatable bonds is 7. The van der Waals surface area contributed by atoms with Crippen molar-refractivity contribution in [3.05, 3.63) is 33.3 Å². The number of carbonyl (C=O) groups is 1. The predicted molar refractivity (Wildman–Crippen MR) is 94.7 cm³/mol. The summed E-state index contributed by atoms with van der Waals surface area (Å²) in [6, 6.07) is 4.73. The van der Waals surface area contributed by atoms with E-state index in [0.29, 0.717) is 50.0 Å². The Morgan fingerprint density at radius 3 is 2.67 bits per heavy atom. The van der Waals surface area contributed by atoms with Crippen LogP contribution in [0, 0.1) is 10.1 Å². The van der Waals surface area contributed by atoms with E-state index in [9.17, 15) is 14.9 Å². The number of halogens is 1. The standard InChI is InChI=1S/C16H23ClN4O3/c1-2-3-6-18-16(22)12-19-7-9-20(10-8-19)14-5-4-13(17)11-15(14)21(23)24/h4-5,11H,2-3,6-10,12H2,1H3,(H,18,22). The van der Waals surface area contributed by atoms with Crippen LogP contribution in [-0.2, 0) is 4.79 Å². The number of carbonyl (C=O) groups excluding carboxylic acids is 1. The summed E-state index contributed by atoms with van der Waals surface area (Å²) in [5, 5.41) is 14.5. The summed E-state index contributed by atoms with van der Waals surface area (Å²) in [6.45, 7) is 5.85. The van der Waals surface area contributed by atoms with Gasteiger partial charge in [-0.3, -0.25) is 19.8 Å². The summed E-state index contributed by atoms with van der Waals surface area (Å²) < 4.78 is 0. The third-order valence-corrected chi connectivity index (χ3v) is 4.30. The van der Waals surface area contributed by atoms with Crippen molar-refractivity contribution in [1.29, 1.82) is 0 Å². The number of benzene rings is 1. The predicted octanol–water partition coefficient (Wildman–Crippen LogP) is 2.29. The fourth-order valence-electron chi connectivity index (χ4n) is 2.72. The van der Waals surface area contributed by atoms with Gasteiger partial charge < -0.3 is 10.2 Å². The van der Waals surface area contributed by atoms with Crippen LogP contribution in [0.5, 0.6) is 0 Å². The van der Waals surface area contributed by atoms with E-state index in [1.165, 1.54) is 6.07 Å². The van der Waals surface area contributed by atoms with E-state index in [1.807, 2.05) is 4.90 Å². The molecule has 1 saturated heterocycles. The first kappa shape index (κ1) is 18.5. The summed E-state index contributed by atoms with van der Waals surface area (Å²) in [7, 11) is 0. The highest BCUT2D eigenvalue weighted by atomic mass is 35.5. The molecule has 1 aromatic rings. The molecule has 1 heterocycles. The van der Waals surface area contributed by atoms with Crippen molar-refractivity contribution in [2.24, 2.45) is 0 Å². The van der Waals surface area contributed by atoms with Gasteiger partial charge in [0.2, 0.25) is 5.91 Å². The zero-order valence-electron chi connectivity index (χ0n) is 13.8. The molecule has 0 unspecified atom stereocenters. The van der Waals surface area contributed by atoms with Crippen molar-refractivity contribution in [2.45, 2.75) is 19.8 Å². The summed E-state index contributed by atoms with van der Waals surface area (Å²) in [6.07, 6.45) is 2.04. The summed E-state index contributed by atoms with van der Waals surface area (Å²) in [5.41, 5.74) is 0.602. The van der Waals surface area contributed by atoms with Crippen LogP contribution in [0.1, 0.15) is 19.8 Å². The van der Waals surface area contributed by atoms with Crippen molar-refractivity contribution >= 4 is 28.9 Å². The van der Waals surface area contributed by atoms with Gasteiger partial charge in [0.25, 0.3) is 5.69 Å². The van der Waals surface area contributed by atoms with E-state index in [0.717, 1.165) is 12.8 Å². The molecule has 0 spiro atoms. The average molecular weight is 355 g/mol. The van der Waals surface area contributed by atoms with Crippen molar-refractivity contribution in [1.82, 2.24) is 10.2 Å². The highest BCUT2D eigenvalue weighted by Crippen LogP contribution is 2.31. The zero-order valence-corrected chi connectivity index (χ0v) is 14.6. The Kier molecular flexibility index (Phi) is 6.81. The molecule has 7 nitrogen and oxygen atoms in total. The van der Waals surface area contributed by atoms with Crippen LogP contribution >= 0.6 is 11.6 Å². The second-order valence-electron chi connectivity index (χ2n) is 5.86. The van der Waals surface area contributed by atoms with Gasteiger partial charge in [0, 0.05) is 43.8 Å². The maximum atomic E-state index is 11.8. The monoisotopic (exact) mass is 354 g/mol. The molecule has 1 aliphatic heterocycles. The number of amides is 1. The van der Waals surface area contributed by atoms with E-state index in [2.05, 4.69) is 17.1 Å². The Balaban J connectivity index is 1.89. The van der Waals surface area contributed by atoms with Crippen molar-refractivity contribution in [3.63, 3.8) is 0 Å². The van der Waals surface area contributed by atoms with Gasteiger partial charge in [-0.2, -0.15) is 0 Å². The first-order valence-corrected chi connectivity index (χ1v) is 8.57. The molecular formula is C16H23ClN4O3. The minimum Gasteiger partial charge on any atom is -0.363 e. The maximum absolute atomic E-state index is 11.8. The van der Waals surface area contributed by atoms with Crippen LogP contribution in [0.3, 0.4) is 0 Å². The molecule has 8 heteroatoms. The fraction of sp³-hybridized carbons (Fsp3) is 0.562. The van der Waals surface area contributed by atoms with Crippen LogP contribution in [0.25, 0.3) is 0 Å². The lowest BCUT2D eigenvalue weighted by molar-refractivity contribution is -0.384. The highest BCUT2D eigenvalue weighted by Gasteiger charge is 2.24. The number of unbranched alkanes of at least 4 members (excludes halogenated alkanes) is 1. The Hall–Kier alpha value is -1.86. The van der Waals surface area contributed by atoms with E-state index in [1.54, 1.807) is 12.1 Å². The van der Waals surface area contributed by atoms with Crippen LogP contribution < -0.4 is 10.2 Å². The molecule has 1 amide bonds. The van der Waals surface area contributed by atoms with Crippen LogP contribution in [-0.4, -0.2) is 55.0 Å². The van der Waals surface area contributed by atoms with Gasteiger partial charge >= 0.3 is 0 Å². The molecule has 132 valence electrons. The van der Waals surface area contributed by atoms with Gasteiger partial charge in [-0.25, -0.2) is 0 Å². The third-order valence-electron chi connectivity index (χ3n) is 4.07. The number of nitro benzene ring substituents is 1. The van der Waals surface area contributed by atoms with Gasteiger partial charge in [0.05, 0.1) is 11.5 Å². The molecule has 0 saturated carbocycles. The zero-order chi connectivity index (χ0) is 17.5. The Morgan fingerprint density at radius 2 is 2.04 bits per heavy atom. The summed E-state index contributed by atoms with van der Waals surface area (Å²) in [4.78, 5) is 26.7. The Labute approximate surface area is 146 Å². The van der Waals surface area contributed by atoms with E-state index >= 15 is 0 Å². The molecule has 0 aromatic heterocycles. The highest BCUT2D eigenvalue weighted by molar-refractivity contribution is 6.30. The van der Waals surface area contributed by atoms with Crippen LogP contribution in [0.2, 0.25) is 5.02 Å². The van der Waals surface area contributed by atoms with Gasteiger partial charge in [-0.1, -0.05) is 24.9 Å². The summed E-state index contributed by atoms with van der Waals surface area (Å²) in [5.74, 6) is 0.0365. The average Bonchev–Trinajstić information content (AvgIpc) is 2.56. The fourth-order valence-corrected chi connectivity index (χ4v) is 2.89. The first-order valence-electron chi connectivity index (χ1n) is 8.19. The molecule has 24 heavy (non-hydrogen) atoms. The third kappa shape index (κ3) is 5.07. The van der Waals surface area contributed by atoms with Crippen LogP contribution in [0.15, 0.2) is 18.2 Å². The molecule has 0 radical (unpaired) electrons. The second-order valence-corrected chi connectivity index (χ2v) is 6.29. The van der Waals surface area contributed by atoms with Crippen molar-refractivity contribution in [2.75, 3.05) is 44.2 Å². The molecule has 1 N–H and O–H groups in total.